The van der Waals surface area contributed by atoms with E-state index < -0.39 is 0 Å². The molecule has 0 saturated heterocycles. The summed E-state index contributed by atoms with van der Waals surface area (Å²) in [5.41, 5.74) is 11.9. The molecule has 0 spiro atoms. The van der Waals surface area contributed by atoms with E-state index in [1.54, 1.807) is 0 Å². The molecule has 0 fully saturated rings. The maximum absolute atomic E-state index is 5.38. The van der Waals surface area contributed by atoms with Gasteiger partial charge in [-0.05, 0) is 131 Å². The monoisotopic (exact) mass is 790 g/mol. The summed E-state index contributed by atoms with van der Waals surface area (Å²) in [6.45, 7) is 4.30. The van der Waals surface area contributed by atoms with Crippen LogP contribution in [0.15, 0.2) is 212 Å². The summed E-state index contributed by atoms with van der Waals surface area (Å²) in [5, 5.41) is 12.4. The normalized spacial score (nSPS) is 12.4. The molecule has 0 aliphatic heterocycles. The van der Waals surface area contributed by atoms with Gasteiger partial charge in [0, 0.05) is 16.7 Å². The molecule has 0 bridgehead atoms. The molecule has 0 atom stereocenters. The molecule has 62 heavy (non-hydrogen) atoms. The van der Waals surface area contributed by atoms with Crippen LogP contribution in [0.4, 0.5) is 0 Å². The number of aromatic nitrogens is 2. The van der Waals surface area contributed by atoms with E-state index in [9.17, 15) is 0 Å². The molecule has 0 saturated carbocycles. The Morgan fingerprint density at radius 3 is 1.44 bits per heavy atom. The standard InChI is InChI=1S/C60H42N2/c1-3-40-16-4-7-23-49(40)39(2)41-30-32-42(33-31-41)58-38-59(47-21-14-19-43(34-47)56-36-45-17-5-8-24-50(45)52-26-10-12-28-54(52)56)62-60(61-58)48-22-15-20-44(35-48)57-37-46-18-6-9-25-51(46)53-27-11-13-29-55(53)57/h3-38H,1-2H3/b40-3-,49-39+. The lowest BCUT2D eigenvalue weighted by molar-refractivity contribution is 1.18. The van der Waals surface area contributed by atoms with E-state index in [1.807, 2.05) is 0 Å². The molecular weight excluding hydrogens is 749 g/mol. The lowest BCUT2D eigenvalue weighted by Crippen LogP contribution is -2.25. The van der Waals surface area contributed by atoms with Crippen LogP contribution in [0.1, 0.15) is 19.4 Å². The second-order valence-electron chi connectivity index (χ2n) is 16.1. The van der Waals surface area contributed by atoms with Gasteiger partial charge in [-0.25, -0.2) is 9.97 Å². The Morgan fingerprint density at radius 2 is 0.839 bits per heavy atom. The average Bonchev–Trinajstić information content (AvgIpc) is 3.35. The molecule has 0 aliphatic rings. The third-order valence-corrected chi connectivity index (χ3v) is 12.5. The number of hydrogen-bond donors (Lipinski definition) is 0. The van der Waals surface area contributed by atoms with Gasteiger partial charge in [-0.3, -0.25) is 0 Å². The van der Waals surface area contributed by atoms with Gasteiger partial charge < -0.3 is 0 Å². The molecule has 1 heterocycles. The zero-order valence-electron chi connectivity index (χ0n) is 34.7. The van der Waals surface area contributed by atoms with Gasteiger partial charge in [-0.2, -0.15) is 0 Å². The smallest absolute Gasteiger partial charge is 0.160 e. The van der Waals surface area contributed by atoms with E-state index in [0.717, 1.165) is 39.2 Å². The van der Waals surface area contributed by atoms with Crippen molar-refractivity contribution in [1.29, 1.82) is 0 Å². The first-order valence-electron chi connectivity index (χ1n) is 21.3. The van der Waals surface area contributed by atoms with Gasteiger partial charge in [0.25, 0.3) is 0 Å². The number of nitrogens with zero attached hydrogens (tertiary/aromatic N) is 2. The highest BCUT2D eigenvalue weighted by Gasteiger charge is 2.16. The summed E-state index contributed by atoms with van der Waals surface area (Å²) in [6.07, 6.45) is 2.17. The maximum atomic E-state index is 5.38. The van der Waals surface area contributed by atoms with Crippen molar-refractivity contribution in [2.75, 3.05) is 0 Å². The molecule has 0 radical (unpaired) electrons. The van der Waals surface area contributed by atoms with Crippen molar-refractivity contribution < 1.29 is 0 Å². The van der Waals surface area contributed by atoms with Crippen LogP contribution < -0.4 is 10.4 Å². The molecule has 1 aromatic heterocycles. The summed E-state index contributed by atoms with van der Waals surface area (Å²) in [5.74, 6) is 0.685. The van der Waals surface area contributed by atoms with Crippen molar-refractivity contribution in [1.82, 2.24) is 9.97 Å². The number of fused-ring (bicyclic) bond motifs is 6. The SMILES string of the molecule is C/C=c1/cccc/c1=C(/C)c1ccc(-c2cc(-c3cccc(-c4cc5ccccc5c5ccccc45)c3)nc(-c3cccc(-c4cc5ccccc5c5ccccc45)c3)n2)cc1. The van der Waals surface area contributed by atoms with Gasteiger partial charge in [-0.1, -0.05) is 188 Å². The van der Waals surface area contributed by atoms with Gasteiger partial charge in [0.1, 0.15) is 0 Å². The third-order valence-electron chi connectivity index (χ3n) is 12.5. The Hall–Kier alpha value is -7.94. The second-order valence-corrected chi connectivity index (χ2v) is 16.1. The summed E-state index contributed by atoms with van der Waals surface area (Å²) in [7, 11) is 0. The minimum Gasteiger partial charge on any atom is -0.228 e. The predicted molar refractivity (Wildman–Crippen MR) is 263 cm³/mol. The van der Waals surface area contributed by atoms with Crippen LogP contribution in [0.25, 0.3) is 111 Å². The first-order valence-corrected chi connectivity index (χ1v) is 21.3. The van der Waals surface area contributed by atoms with Gasteiger partial charge in [-0.15, -0.1) is 0 Å². The van der Waals surface area contributed by atoms with Crippen molar-refractivity contribution >= 4 is 54.7 Å². The van der Waals surface area contributed by atoms with Gasteiger partial charge in [0.05, 0.1) is 11.4 Å². The van der Waals surface area contributed by atoms with E-state index >= 15 is 0 Å². The van der Waals surface area contributed by atoms with Gasteiger partial charge >= 0.3 is 0 Å². The van der Waals surface area contributed by atoms with Crippen molar-refractivity contribution in [2.45, 2.75) is 13.8 Å². The van der Waals surface area contributed by atoms with E-state index in [0.29, 0.717) is 5.82 Å². The molecule has 292 valence electrons. The van der Waals surface area contributed by atoms with Crippen LogP contribution in [0.3, 0.4) is 0 Å². The fourth-order valence-corrected chi connectivity index (χ4v) is 9.27. The highest BCUT2D eigenvalue weighted by Crippen LogP contribution is 2.39. The third kappa shape index (κ3) is 6.63. The minimum atomic E-state index is 0.685. The largest absolute Gasteiger partial charge is 0.228 e. The summed E-state index contributed by atoms with van der Waals surface area (Å²) >= 11 is 0. The molecule has 11 rings (SSSR count). The fraction of sp³-hybridized carbons (Fsp3) is 0.0333. The first-order chi connectivity index (χ1) is 30.6. The van der Waals surface area contributed by atoms with Gasteiger partial charge in [0.15, 0.2) is 5.82 Å². The van der Waals surface area contributed by atoms with E-state index in [4.69, 9.17) is 9.97 Å². The molecule has 10 aromatic carbocycles. The molecule has 0 N–H and O–H groups in total. The molecular formula is C60H42N2. The molecule has 0 amide bonds. The summed E-state index contributed by atoms with van der Waals surface area (Å²) < 4.78 is 0. The van der Waals surface area contributed by atoms with Gasteiger partial charge in [0.2, 0.25) is 0 Å². The Kier molecular flexibility index (Phi) is 9.32. The van der Waals surface area contributed by atoms with E-state index in [2.05, 4.69) is 232 Å². The molecule has 0 unspecified atom stereocenters. The molecule has 2 nitrogen and oxygen atoms in total. The van der Waals surface area contributed by atoms with Crippen LogP contribution in [0.5, 0.6) is 0 Å². The van der Waals surface area contributed by atoms with Crippen LogP contribution >= 0.6 is 0 Å². The zero-order valence-corrected chi connectivity index (χ0v) is 34.7. The zero-order chi connectivity index (χ0) is 41.6. The molecule has 0 aliphatic carbocycles. The Balaban J connectivity index is 1.08. The molecule has 2 heteroatoms. The highest BCUT2D eigenvalue weighted by molar-refractivity contribution is 6.15. The summed E-state index contributed by atoms with van der Waals surface area (Å²) in [4.78, 5) is 10.7. The van der Waals surface area contributed by atoms with E-state index in [1.165, 1.54) is 75.8 Å². The van der Waals surface area contributed by atoms with Crippen molar-refractivity contribution in [3.8, 4) is 56.2 Å². The minimum absolute atomic E-state index is 0.685. The topological polar surface area (TPSA) is 25.8 Å². The van der Waals surface area contributed by atoms with Crippen LogP contribution in [0.2, 0.25) is 0 Å². The highest BCUT2D eigenvalue weighted by atomic mass is 14.9. The number of rotatable bonds is 6. The lowest BCUT2D eigenvalue weighted by atomic mass is 9.92. The second kappa shape index (κ2) is 15.6. The number of benzene rings is 10. The number of hydrogen-bond acceptors (Lipinski definition) is 2. The van der Waals surface area contributed by atoms with E-state index in [-0.39, 0.29) is 0 Å². The quantitative estimate of drug-likeness (QED) is 0.157. The Bertz CT molecular complexity index is 3470. The van der Waals surface area contributed by atoms with Crippen LogP contribution in [0, 0.1) is 0 Å². The van der Waals surface area contributed by atoms with Crippen molar-refractivity contribution in [3.63, 3.8) is 0 Å². The fourth-order valence-electron chi connectivity index (χ4n) is 9.27. The predicted octanol–water partition coefficient (Wildman–Crippen LogP) is 14.4. The molecule has 11 aromatic rings. The Labute approximate surface area is 361 Å². The first kappa shape index (κ1) is 37.1. The lowest BCUT2D eigenvalue weighted by Gasteiger charge is -2.14. The van der Waals surface area contributed by atoms with Crippen LogP contribution in [-0.4, -0.2) is 9.97 Å². The summed E-state index contributed by atoms with van der Waals surface area (Å²) in [6, 6.07) is 76.5. The van der Waals surface area contributed by atoms with Crippen molar-refractivity contribution in [2.24, 2.45) is 0 Å². The van der Waals surface area contributed by atoms with Crippen LogP contribution in [-0.2, 0) is 0 Å². The van der Waals surface area contributed by atoms with Crippen molar-refractivity contribution in [3.05, 3.63) is 228 Å². The Morgan fingerprint density at radius 1 is 0.371 bits per heavy atom. The average molecular weight is 791 g/mol. The maximum Gasteiger partial charge on any atom is 0.160 e.